The van der Waals surface area contributed by atoms with E-state index in [1.807, 2.05) is 18.2 Å². The van der Waals surface area contributed by atoms with E-state index in [9.17, 15) is 14.4 Å². The van der Waals surface area contributed by atoms with E-state index in [1.165, 1.54) is 0 Å². The number of hydrogen-bond donors (Lipinski definition) is 3. The van der Waals surface area contributed by atoms with Crippen molar-refractivity contribution in [3.05, 3.63) is 34.9 Å². The van der Waals surface area contributed by atoms with E-state index in [2.05, 4.69) is 29.8 Å². The van der Waals surface area contributed by atoms with E-state index in [4.69, 9.17) is 4.74 Å². The van der Waals surface area contributed by atoms with Gasteiger partial charge in [0.1, 0.15) is 6.04 Å². The van der Waals surface area contributed by atoms with Gasteiger partial charge in [0, 0.05) is 43.7 Å². The molecular weight excluding hydrogens is 372 g/mol. The van der Waals surface area contributed by atoms with Gasteiger partial charge in [0.15, 0.2) is 0 Å². The number of imide groups is 1. The molecule has 1 aromatic carbocycles. The highest BCUT2D eigenvalue weighted by Crippen LogP contribution is 2.28. The number of fused-ring (bicyclic) bond motifs is 1. The lowest BCUT2D eigenvalue weighted by Gasteiger charge is -2.36. The number of amides is 3. The third kappa shape index (κ3) is 4.34. The van der Waals surface area contributed by atoms with E-state index in [-0.39, 0.29) is 35.8 Å². The molecule has 3 aliphatic rings. The number of carbonyl (C=O) groups excluding carboxylic acids is 3. The van der Waals surface area contributed by atoms with Crippen molar-refractivity contribution in [3.63, 3.8) is 0 Å². The molecule has 0 saturated carbocycles. The predicted molar refractivity (Wildman–Crippen MR) is 106 cm³/mol. The van der Waals surface area contributed by atoms with Crippen molar-refractivity contribution in [1.29, 1.82) is 0 Å². The van der Waals surface area contributed by atoms with Crippen molar-refractivity contribution in [3.8, 4) is 0 Å². The third-order valence-electron chi connectivity index (χ3n) is 5.78. The fraction of sp³-hybridized carbons (Fsp3) is 0.571. The molecule has 0 aromatic heterocycles. The van der Waals surface area contributed by atoms with Crippen LogP contribution in [0.3, 0.4) is 0 Å². The molecule has 2 atom stereocenters. The van der Waals surface area contributed by atoms with Crippen molar-refractivity contribution in [1.82, 2.24) is 20.9 Å². The van der Waals surface area contributed by atoms with Gasteiger partial charge < -0.3 is 20.3 Å². The Morgan fingerprint density at radius 2 is 2.10 bits per heavy atom. The summed E-state index contributed by atoms with van der Waals surface area (Å²) in [6.45, 7) is 7.60. The second-order valence-electron chi connectivity index (χ2n) is 8.72. The Bertz CT molecular complexity index is 828. The third-order valence-corrected chi connectivity index (χ3v) is 5.78. The molecule has 3 heterocycles. The SMILES string of the molecule is CC1(C)COC(CNCc2ccc3c(c2)CN(C2CCC(=O)NC2=O)C3=O)CN1. The highest BCUT2D eigenvalue weighted by atomic mass is 16.5. The maximum Gasteiger partial charge on any atom is 0.255 e. The molecule has 0 bridgehead atoms. The molecule has 8 heteroatoms. The Kier molecular flexibility index (Phi) is 5.42. The van der Waals surface area contributed by atoms with Crippen LogP contribution in [-0.2, 0) is 27.4 Å². The van der Waals surface area contributed by atoms with Crippen molar-refractivity contribution in [2.24, 2.45) is 0 Å². The second kappa shape index (κ2) is 7.85. The van der Waals surface area contributed by atoms with Crippen LogP contribution in [0, 0.1) is 0 Å². The molecule has 8 nitrogen and oxygen atoms in total. The summed E-state index contributed by atoms with van der Waals surface area (Å²) in [6.07, 6.45) is 0.786. The summed E-state index contributed by atoms with van der Waals surface area (Å²) in [5.41, 5.74) is 2.68. The lowest BCUT2D eigenvalue weighted by Crippen LogP contribution is -2.55. The van der Waals surface area contributed by atoms with Crippen LogP contribution >= 0.6 is 0 Å². The summed E-state index contributed by atoms with van der Waals surface area (Å²) in [7, 11) is 0. The van der Waals surface area contributed by atoms with Gasteiger partial charge in [-0.05, 0) is 37.5 Å². The Balaban J connectivity index is 1.33. The maximum atomic E-state index is 12.7. The average Bonchev–Trinajstić information content (AvgIpc) is 2.99. The van der Waals surface area contributed by atoms with Crippen LogP contribution in [0.25, 0.3) is 0 Å². The van der Waals surface area contributed by atoms with Crippen LogP contribution in [0.1, 0.15) is 48.2 Å². The van der Waals surface area contributed by atoms with Gasteiger partial charge in [0.05, 0.1) is 12.7 Å². The Morgan fingerprint density at radius 3 is 2.83 bits per heavy atom. The van der Waals surface area contributed by atoms with Crippen LogP contribution in [0.15, 0.2) is 18.2 Å². The van der Waals surface area contributed by atoms with Crippen molar-refractivity contribution in [2.45, 2.75) is 57.5 Å². The second-order valence-corrected chi connectivity index (χ2v) is 8.72. The molecule has 0 spiro atoms. The molecule has 3 N–H and O–H groups in total. The van der Waals surface area contributed by atoms with Gasteiger partial charge >= 0.3 is 0 Å². The van der Waals surface area contributed by atoms with E-state index in [0.717, 1.165) is 24.2 Å². The number of rotatable bonds is 5. The van der Waals surface area contributed by atoms with E-state index < -0.39 is 6.04 Å². The van der Waals surface area contributed by atoms with Crippen LogP contribution in [0.5, 0.6) is 0 Å². The number of benzene rings is 1. The van der Waals surface area contributed by atoms with Gasteiger partial charge in [-0.1, -0.05) is 12.1 Å². The minimum Gasteiger partial charge on any atom is -0.374 e. The number of nitrogens with zero attached hydrogens (tertiary/aromatic N) is 1. The summed E-state index contributed by atoms with van der Waals surface area (Å²) in [5, 5.41) is 9.23. The topological polar surface area (TPSA) is 99.8 Å². The van der Waals surface area contributed by atoms with Gasteiger partial charge in [-0.15, -0.1) is 0 Å². The number of morpholine rings is 1. The largest absolute Gasteiger partial charge is 0.374 e. The molecule has 0 aliphatic carbocycles. The Labute approximate surface area is 170 Å². The molecule has 1 aromatic rings. The van der Waals surface area contributed by atoms with E-state index >= 15 is 0 Å². The molecule has 2 fully saturated rings. The van der Waals surface area contributed by atoms with Crippen molar-refractivity contribution in [2.75, 3.05) is 19.7 Å². The molecular formula is C21H28N4O4. The molecule has 4 rings (SSSR count). The lowest BCUT2D eigenvalue weighted by molar-refractivity contribution is -0.136. The zero-order valence-corrected chi connectivity index (χ0v) is 16.9. The van der Waals surface area contributed by atoms with Gasteiger partial charge in [-0.2, -0.15) is 0 Å². The molecule has 156 valence electrons. The standard InChI is InChI=1S/C21H28N4O4/c1-21(2)12-29-15(10-23-21)9-22-8-13-3-4-16-14(7-13)11-25(20(16)28)17-5-6-18(26)24-19(17)27/h3-4,7,15,17,22-23H,5-6,8-12H2,1-2H3,(H,24,26,27). The number of hydrogen-bond acceptors (Lipinski definition) is 6. The predicted octanol–water partition coefficient (Wildman–Crippen LogP) is 0.304. The Morgan fingerprint density at radius 1 is 1.28 bits per heavy atom. The molecule has 2 unspecified atom stereocenters. The van der Waals surface area contributed by atoms with Crippen LogP contribution in [0.2, 0.25) is 0 Å². The summed E-state index contributed by atoms with van der Waals surface area (Å²) < 4.78 is 5.88. The number of piperidine rings is 1. The van der Waals surface area contributed by atoms with Crippen LogP contribution < -0.4 is 16.0 Å². The van der Waals surface area contributed by atoms with Gasteiger partial charge in [0.25, 0.3) is 5.91 Å². The summed E-state index contributed by atoms with van der Waals surface area (Å²) in [5.74, 6) is -0.795. The highest BCUT2D eigenvalue weighted by molar-refractivity contribution is 6.05. The number of carbonyl (C=O) groups is 3. The smallest absolute Gasteiger partial charge is 0.255 e. The maximum absolute atomic E-state index is 12.7. The molecule has 29 heavy (non-hydrogen) atoms. The average molecular weight is 400 g/mol. The summed E-state index contributed by atoms with van der Waals surface area (Å²) in [6, 6.07) is 5.23. The number of nitrogens with one attached hydrogen (secondary N) is 3. The van der Waals surface area contributed by atoms with E-state index in [0.29, 0.717) is 31.7 Å². The minimum absolute atomic E-state index is 0.0252. The zero-order chi connectivity index (χ0) is 20.6. The van der Waals surface area contributed by atoms with Gasteiger partial charge in [0.2, 0.25) is 11.8 Å². The zero-order valence-electron chi connectivity index (χ0n) is 16.9. The molecule has 3 amide bonds. The fourth-order valence-corrected chi connectivity index (χ4v) is 4.07. The first-order valence-electron chi connectivity index (χ1n) is 10.2. The minimum atomic E-state index is -0.575. The van der Waals surface area contributed by atoms with Crippen LogP contribution in [0.4, 0.5) is 0 Å². The molecule has 2 saturated heterocycles. The Hall–Kier alpha value is -2.29. The normalized spacial score (nSPS) is 26.4. The van der Waals surface area contributed by atoms with Gasteiger partial charge in [-0.3, -0.25) is 19.7 Å². The number of ether oxygens (including phenoxy) is 1. The quantitative estimate of drug-likeness (QED) is 0.615. The monoisotopic (exact) mass is 400 g/mol. The fourth-order valence-electron chi connectivity index (χ4n) is 4.07. The molecule has 0 radical (unpaired) electrons. The van der Waals surface area contributed by atoms with Crippen molar-refractivity contribution >= 4 is 17.7 Å². The highest BCUT2D eigenvalue weighted by Gasteiger charge is 2.39. The van der Waals surface area contributed by atoms with Crippen molar-refractivity contribution < 1.29 is 19.1 Å². The summed E-state index contributed by atoms with van der Waals surface area (Å²) >= 11 is 0. The molecule has 3 aliphatic heterocycles. The first kappa shape index (κ1) is 20.0. The lowest BCUT2D eigenvalue weighted by atomic mass is 10.0. The van der Waals surface area contributed by atoms with Crippen LogP contribution in [-0.4, -0.2) is 60.0 Å². The first-order chi connectivity index (χ1) is 13.8. The van der Waals surface area contributed by atoms with E-state index in [1.54, 1.807) is 4.90 Å². The van der Waals surface area contributed by atoms with Gasteiger partial charge in [-0.25, -0.2) is 0 Å². The summed E-state index contributed by atoms with van der Waals surface area (Å²) in [4.78, 5) is 37.8. The first-order valence-corrected chi connectivity index (χ1v) is 10.2.